The van der Waals surface area contributed by atoms with Gasteiger partial charge in [0.1, 0.15) is 17.1 Å². The van der Waals surface area contributed by atoms with Crippen LogP contribution in [-0.2, 0) is 9.53 Å². The van der Waals surface area contributed by atoms with E-state index in [1.807, 2.05) is 0 Å². The molecule has 0 unspecified atom stereocenters. The monoisotopic (exact) mass is 407 g/mol. The first-order valence-electron chi connectivity index (χ1n) is 7.44. The average Bonchev–Trinajstić information content (AvgIpc) is 2.62. The van der Waals surface area contributed by atoms with E-state index < -0.39 is 18.0 Å². The number of hydrogen-bond donors (Lipinski definition) is 1. The van der Waals surface area contributed by atoms with Crippen molar-refractivity contribution in [3.05, 3.63) is 52.5 Å². The van der Waals surface area contributed by atoms with Crippen LogP contribution in [-0.4, -0.2) is 32.2 Å². The lowest BCUT2D eigenvalue weighted by Gasteiger charge is -2.15. The molecule has 2 aromatic carbocycles. The third kappa shape index (κ3) is 4.96. The van der Waals surface area contributed by atoms with E-state index in [1.165, 1.54) is 27.2 Å². The van der Waals surface area contributed by atoms with E-state index >= 15 is 0 Å². The molecular weight excluding hydrogens is 390 g/mol. The van der Waals surface area contributed by atoms with E-state index in [0.29, 0.717) is 17.2 Å². The second-order valence-corrected chi connectivity index (χ2v) is 6.03. The summed E-state index contributed by atoms with van der Waals surface area (Å²) in [6.07, 6.45) is -0.980. The molecule has 2 aromatic rings. The molecule has 25 heavy (non-hydrogen) atoms. The predicted molar refractivity (Wildman–Crippen MR) is 97.2 cm³/mol. The minimum atomic E-state index is -0.980. The number of carbonyl (C=O) groups is 2. The summed E-state index contributed by atoms with van der Waals surface area (Å²) >= 11 is 3.32. The van der Waals surface area contributed by atoms with Crippen molar-refractivity contribution >= 4 is 33.5 Å². The second kappa shape index (κ2) is 8.53. The summed E-state index contributed by atoms with van der Waals surface area (Å²) in [4.78, 5) is 24.5. The molecule has 0 saturated carbocycles. The smallest absolute Gasteiger partial charge is 0.342 e. The van der Waals surface area contributed by atoms with Crippen LogP contribution in [0, 0.1) is 0 Å². The molecule has 0 aliphatic rings. The number of nitrogens with one attached hydrogen (secondary N) is 1. The van der Waals surface area contributed by atoms with Crippen molar-refractivity contribution in [2.75, 3.05) is 19.5 Å². The Morgan fingerprint density at radius 3 is 2.32 bits per heavy atom. The SMILES string of the molecule is COc1ccc(OC)c(C(=O)O[C@@H](C)C(=O)Nc2ccc(Br)cc2)c1. The minimum absolute atomic E-state index is 0.185. The van der Waals surface area contributed by atoms with Crippen molar-refractivity contribution in [2.45, 2.75) is 13.0 Å². The molecule has 0 aliphatic carbocycles. The highest BCUT2D eigenvalue weighted by Crippen LogP contribution is 2.25. The fourth-order valence-electron chi connectivity index (χ4n) is 2.03. The summed E-state index contributed by atoms with van der Waals surface area (Å²) in [6.45, 7) is 1.50. The Kier molecular flexibility index (Phi) is 6.41. The number of anilines is 1. The first kappa shape index (κ1) is 18.8. The lowest BCUT2D eigenvalue weighted by Crippen LogP contribution is -2.30. The molecule has 6 nitrogen and oxygen atoms in total. The van der Waals surface area contributed by atoms with Crippen molar-refractivity contribution in [1.29, 1.82) is 0 Å². The highest BCUT2D eigenvalue weighted by atomic mass is 79.9. The van der Waals surface area contributed by atoms with Gasteiger partial charge in [0, 0.05) is 10.2 Å². The van der Waals surface area contributed by atoms with Gasteiger partial charge in [-0.2, -0.15) is 0 Å². The van der Waals surface area contributed by atoms with Gasteiger partial charge < -0.3 is 19.5 Å². The van der Waals surface area contributed by atoms with Crippen molar-refractivity contribution in [2.24, 2.45) is 0 Å². The van der Waals surface area contributed by atoms with Gasteiger partial charge in [-0.25, -0.2) is 4.79 Å². The minimum Gasteiger partial charge on any atom is -0.497 e. The highest BCUT2D eigenvalue weighted by molar-refractivity contribution is 9.10. The summed E-state index contributed by atoms with van der Waals surface area (Å²) in [5.74, 6) is -0.280. The van der Waals surface area contributed by atoms with Crippen molar-refractivity contribution in [3.63, 3.8) is 0 Å². The van der Waals surface area contributed by atoms with E-state index in [2.05, 4.69) is 21.2 Å². The largest absolute Gasteiger partial charge is 0.497 e. The van der Waals surface area contributed by atoms with Crippen LogP contribution in [0.3, 0.4) is 0 Å². The van der Waals surface area contributed by atoms with E-state index in [4.69, 9.17) is 14.2 Å². The normalized spacial score (nSPS) is 11.4. The van der Waals surface area contributed by atoms with Gasteiger partial charge in [0.25, 0.3) is 5.91 Å². The maximum atomic E-state index is 12.4. The summed E-state index contributed by atoms with van der Waals surface area (Å²) in [6, 6.07) is 11.8. The first-order chi connectivity index (χ1) is 11.9. The van der Waals surface area contributed by atoms with E-state index in [-0.39, 0.29) is 5.56 Å². The number of amides is 1. The van der Waals surface area contributed by atoms with Gasteiger partial charge in [-0.1, -0.05) is 15.9 Å². The summed E-state index contributed by atoms with van der Waals surface area (Å²) in [7, 11) is 2.94. The molecule has 1 amide bonds. The third-order valence-corrected chi connectivity index (χ3v) is 3.92. The molecule has 1 atom stereocenters. The average molecular weight is 408 g/mol. The molecule has 7 heteroatoms. The van der Waals surface area contributed by atoms with Crippen LogP contribution in [0.4, 0.5) is 5.69 Å². The van der Waals surface area contributed by atoms with Gasteiger partial charge in [0.05, 0.1) is 14.2 Å². The van der Waals surface area contributed by atoms with Crippen LogP contribution in [0.2, 0.25) is 0 Å². The topological polar surface area (TPSA) is 73.9 Å². The number of carbonyl (C=O) groups excluding carboxylic acids is 2. The maximum absolute atomic E-state index is 12.4. The zero-order valence-corrected chi connectivity index (χ0v) is 15.6. The van der Waals surface area contributed by atoms with Gasteiger partial charge in [-0.3, -0.25) is 4.79 Å². The number of halogens is 1. The molecule has 0 aliphatic heterocycles. The predicted octanol–water partition coefficient (Wildman–Crippen LogP) is 3.65. The number of methoxy groups -OCH3 is 2. The zero-order chi connectivity index (χ0) is 18.4. The Morgan fingerprint density at radius 2 is 1.72 bits per heavy atom. The number of benzene rings is 2. The molecule has 0 radical (unpaired) electrons. The molecule has 2 rings (SSSR count). The van der Waals surface area contributed by atoms with Gasteiger partial charge in [-0.05, 0) is 49.4 Å². The molecule has 0 fully saturated rings. The van der Waals surface area contributed by atoms with Crippen molar-refractivity contribution in [1.82, 2.24) is 0 Å². The van der Waals surface area contributed by atoms with E-state index in [0.717, 1.165) is 4.47 Å². The lowest BCUT2D eigenvalue weighted by atomic mass is 10.2. The van der Waals surface area contributed by atoms with Gasteiger partial charge in [-0.15, -0.1) is 0 Å². The quantitative estimate of drug-likeness (QED) is 0.739. The Hall–Kier alpha value is -2.54. The Balaban J connectivity index is 2.06. The van der Waals surface area contributed by atoms with Gasteiger partial charge in [0.2, 0.25) is 0 Å². The summed E-state index contributed by atoms with van der Waals surface area (Å²) < 4.78 is 16.4. The lowest BCUT2D eigenvalue weighted by molar-refractivity contribution is -0.123. The number of ether oxygens (including phenoxy) is 3. The number of esters is 1. The van der Waals surface area contributed by atoms with Gasteiger partial charge >= 0.3 is 5.97 Å². The molecule has 0 spiro atoms. The molecule has 1 N–H and O–H groups in total. The van der Waals surface area contributed by atoms with Crippen LogP contribution < -0.4 is 14.8 Å². The van der Waals surface area contributed by atoms with Crippen LogP contribution in [0.5, 0.6) is 11.5 Å². The molecular formula is C18H18BrNO5. The highest BCUT2D eigenvalue weighted by Gasteiger charge is 2.22. The van der Waals surface area contributed by atoms with Crippen LogP contribution in [0.15, 0.2) is 46.9 Å². The van der Waals surface area contributed by atoms with Gasteiger partial charge in [0.15, 0.2) is 6.10 Å². The molecule has 0 aromatic heterocycles. The van der Waals surface area contributed by atoms with Crippen LogP contribution in [0.1, 0.15) is 17.3 Å². The standard InChI is InChI=1S/C18H18BrNO5/c1-11(17(21)20-13-6-4-12(19)5-7-13)25-18(22)15-10-14(23-2)8-9-16(15)24-3/h4-11H,1-3H3,(H,20,21)/t11-/m0/s1. The van der Waals surface area contributed by atoms with Crippen LogP contribution in [0.25, 0.3) is 0 Å². The summed E-state index contributed by atoms with van der Waals surface area (Å²) in [5.41, 5.74) is 0.792. The number of hydrogen-bond acceptors (Lipinski definition) is 5. The molecule has 0 saturated heterocycles. The molecule has 0 bridgehead atoms. The van der Waals surface area contributed by atoms with E-state index in [9.17, 15) is 9.59 Å². The fourth-order valence-corrected chi connectivity index (χ4v) is 2.29. The maximum Gasteiger partial charge on any atom is 0.342 e. The molecule has 132 valence electrons. The first-order valence-corrected chi connectivity index (χ1v) is 8.23. The van der Waals surface area contributed by atoms with Crippen molar-refractivity contribution < 1.29 is 23.8 Å². The number of rotatable bonds is 6. The Morgan fingerprint density at radius 1 is 1.04 bits per heavy atom. The Labute approximate surface area is 154 Å². The van der Waals surface area contributed by atoms with E-state index in [1.54, 1.807) is 36.4 Å². The van der Waals surface area contributed by atoms with Crippen LogP contribution >= 0.6 is 15.9 Å². The van der Waals surface area contributed by atoms with Crippen molar-refractivity contribution in [3.8, 4) is 11.5 Å². The fraction of sp³-hybridized carbons (Fsp3) is 0.222. The zero-order valence-electron chi connectivity index (χ0n) is 14.0. The Bertz CT molecular complexity index is 761. The summed E-state index contributed by atoms with van der Waals surface area (Å²) in [5, 5.41) is 2.68. The third-order valence-electron chi connectivity index (χ3n) is 3.39. The second-order valence-electron chi connectivity index (χ2n) is 5.11. The molecule has 0 heterocycles.